The highest BCUT2D eigenvalue weighted by Gasteiger charge is 2.31. The fourth-order valence-electron chi connectivity index (χ4n) is 3.11. The van der Waals surface area contributed by atoms with Gasteiger partial charge in [0.1, 0.15) is 34.4 Å². The van der Waals surface area contributed by atoms with Crippen molar-refractivity contribution in [1.29, 1.82) is 5.26 Å². The number of aryl methyl sites for hydroxylation is 1. The molecule has 1 amide bonds. The Morgan fingerprint density at radius 3 is 3.07 bits per heavy atom. The van der Waals surface area contributed by atoms with Crippen LogP contribution in [0.2, 0.25) is 0 Å². The summed E-state index contributed by atoms with van der Waals surface area (Å²) in [7, 11) is 0.0959. The minimum absolute atomic E-state index is 0.148. The number of benzene rings is 1. The van der Waals surface area contributed by atoms with Crippen molar-refractivity contribution >= 4 is 22.6 Å². The van der Waals surface area contributed by atoms with Crippen molar-refractivity contribution in [3.8, 4) is 11.8 Å². The molecule has 1 aliphatic heterocycles. The normalized spacial score (nSPS) is 19.2. The quantitative estimate of drug-likeness (QED) is 0.733. The van der Waals surface area contributed by atoms with Crippen LogP contribution in [0.5, 0.6) is 5.75 Å². The van der Waals surface area contributed by atoms with Crippen LogP contribution in [0.1, 0.15) is 29.4 Å². The molecule has 1 aliphatic rings. The molecule has 3 rings (SSSR count). The number of anilines is 1. The molecular formula is C20H21FN4O3S. The van der Waals surface area contributed by atoms with E-state index in [-0.39, 0.29) is 41.3 Å². The van der Waals surface area contributed by atoms with Crippen LogP contribution in [0.3, 0.4) is 0 Å². The summed E-state index contributed by atoms with van der Waals surface area (Å²) >= 11 is 0. The zero-order valence-electron chi connectivity index (χ0n) is 16.1. The van der Waals surface area contributed by atoms with Crippen LogP contribution in [-0.4, -0.2) is 27.3 Å². The van der Waals surface area contributed by atoms with Crippen LogP contribution < -0.4 is 14.8 Å². The van der Waals surface area contributed by atoms with E-state index in [9.17, 15) is 13.4 Å². The smallest absolute Gasteiger partial charge is 0.276 e. The Balaban J connectivity index is 1.88. The molecule has 29 heavy (non-hydrogen) atoms. The highest BCUT2D eigenvalue weighted by Crippen LogP contribution is 2.32. The molecule has 3 atom stereocenters. The first-order valence-corrected chi connectivity index (χ1v) is 10.1. The second-order valence-corrected chi connectivity index (χ2v) is 8.06. The number of rotatable bonds is 5. The number of aromatic nitrogens is 1. The number of ether oxygens (including phenoxy) is 1. The number of hydrogen-bond donors (Lipinski definition) is 2. The number of carbonyl (C=O) groups excluding carboxylic acids is 1. The summed E-state index contributed by atoms with van der Waals surface area (Å²) in [5, 5.41) is 11.6. The van der Waals surface area contributed by atoms with Gasteiger partial charge in [-0.2, -0.15) is 5.26 Å². The first kappa shape index (κ1) is 20.8. The molecule has 0 saturated heterocycles. The molecular weight excluding hydrogens is 395 g/mol. The molecule has 2 N–H and O–H groups in total. The Labute approximate surface area is 170 Å². The number of carbonyl (C=O) groups is 1. The van der Waals surface area contributed by atoms with E-state index in [2.05, 4.69) is 16.6 Å². The van der Waals surface area contributed by atoms with Crippen LogP contribution >= 0.6 is 0 Å². The topological polar surface area (TPSA) is 96.2 Å². The lowest BCUT2D eigenvalue weighted by Gasteiger charge is -2.21. The lowest BCUT2D eigenvalue weighted by atomic mass is 10.00. The number of amides is 1. The number of nitriles is 1. The largest absolute Gasteiger partial charge is 0.488 e. The summed E-state index contributed by atoms with van der Waals surface area (Å²) in [5.41, 5.74) is 0.289. The SMILES string of the molecule is C=CCC(C)C1COc2c(cn(C)c2C(=O)Nc2ccc(F)c(C#N)c2)S(=O)N1. The summed E-state index contributed by atoms with van der Waals surface area (Å²) in [6.45, 7) is 5.98. The van der Waals surface area contributed by atoms with Gasteiger partial charge in [-0.25, -0.2) is 13.3 Å². The van der Waals surface area contributed by atoms with Crippen LogP contribution in [0.4, 0.5) is 10.1 Å². The highest BCUT2D eigenvalue weighted by molar-refractivity contribution is 7.83. The van der Waals surface area contributed by atoms with Crippen molar-refractivity contribution in [1.82, 2.24) is 9.29 Å². The van der Waals surface area contributed by atoms with Gasteiger partial charge in [-0.3, -0.25) is 4.79 Å². The molecule has 2 heterocycles. The summed E-state index contributed by atoms with van der Waals surface area (Å²) in [4.78, 5) is 13.2. The molecule has 3 unspecified atom stereocenters. The van der Waals surface area contributed by atoms with E-state index in [1.165, 1.54) is 16.7 Å². The third-order valence-corrected chi connectivity index (χ3v) is 5.96. The first-order chi connectivity index (χ1) is 13.8. The van der Waals surface area contributed by atoms with E-state index in [1.54, 1.807) is 25.4 Å². The third kappa shape index (κ3) is 4.23. The predicted octanol–water partition coefficient (Wildman–Crippen LogP) is 2.87. The molecule has 7 nitrogen and oxygen atoms in total. The van der Waals surface area contributed by atoms with Crippen molar-refractivity contribution < 1.29 is 18.1 Å². The molecule has 0 radical (unpaired) electrons. The molecule has 1 aromatic carbocycles. The maximum atomic E-state index is 13.5. The fourth-order valence-corrected chi connectivity index (χ4v) is 4.39. The Bertz CT molecular complexity index is 1030. The van der Waals surface area contributed by atoms with E-state index in [0.717, 1.165) is 12.5 Å². The summed E-state index contributed by atoms with van der Waals surface area (Å²) < 4.78 is 36.7. The van der Waals surface area contributed by atoms with Crippen molar-refractivity contribution in [2.24, 2.45) is 13.0 Å². The zero-order chi connectivity index (χ0) is 21.1. The van der Waals surface area contributed by atoms with E-state index >= 15 is 0 Å². The molecule has 0 bridgehead atoms. The molecule has 2 aromatic rings. The van der Waals surface area contributed by atoms with Gasteiger partial charge in [-0.05, 0) is 30.5 Å². The highest BCUT2D eigenvalue weighted by atomic mass is 32.2. The van der Waals surface area contributed by atoms with Gasteiger partial charge < -0.3 is 14.6 Å². The summed E-state index contributed by atoms with van der Waals surface area (Å²) in [6, 6.07) is 5.29. The second kappa shape index (κ2) is 8.59. The Hall–Kier alpha value is -2.96. The van der Waals surface area contributed by atoms with Gasteiger partial charge in [0.05, 0.1) is 11.6 Å². The average molecular weight is 416 g/mol. The number of nitrogens with zero attached hydrogens (tertiary/aromatic N) is 2. The molecule has 9 heteroatoms. The van der Waals surface area contributed by atoms with Crippen molar-refractivity contribution in [3.05, 3.63) is 54.1 Å². The molecule has 1 aromatic heterocycles. The molecule has 0 spiro atoms. The first-order valence-electron chi connectivity index (χ1n) is 8.97. The van der Waals surface area contributed by atoms with Gasteiger partial charge in [-0.1, -0.05) is 13.0 Å². The molecule has 0 aliphatic carbocycles. The van der Waals surface area contributed by atoms with Crippen molar-refractivity contribution in [3.63, 3.8) is 0 Å². The van der Waals surface area contributed by atoms with Crippen LogP contribution in [0.15, 0.2) is 41.9 Å². The van der Waals surface area contributed by atoms with E-state index in [0.29, 0.717) is 4.90 Å². The molecule has 0 fully saturated rings. The van der Waals surface area contributed by atoms with Crippen LogP contribution in [0.25, 0.3) is 0 Å². The second-order valence-electron chi connectivity index (χ2n) is 6.85. The lowest BCUT2D eigenvalue weighted by Crippen LogP contribution is -2.39. The van der Waals surface area contributed by atoms with Gasteiger partial charge in [0, 0.05) is 18.9 Å². The van der Waals surface area contributed by atoms with Crippen molar-refractivity contribution in [2.75, 3.05) is 11.9 Å². The van der Waals surface area contributed by atoms with Gasteiger partial charge in [0.25, 0.3) is 5.91 Å². The van der Waals surface area contributed by atoms with Crippen LogP contribution in [-0.2, 0) is 18.0 Å². The number of halogens is 1. The van der Waals surface area contributed by atoms with Crippen LogP contribution in [0, 0.1) is 23.1 Å². The number of fused-ring (bicyclic) bond motifs is 1. The number of allylic oxidation sites excluding steroid dienone is 1. The predicted molar refractivity (Wildman–Crippen MR) is 107 cm³/mol. The summed E-state index contributed by atoms with van der Waals surface area (Å²) in [6.07, 6.45) is 4.11. The lowest BCUT2D eigenvalue weighted by molar-refractivity contribution is 0.101. The van der Waals surface area contributed by atoms with Gasteiger partial charge >= 0.3 is 0 Å². The molecule has 0 saturated carbocycles. The fraction of sp³-hybridized carbons (Fsp3) is 0.300. The minimum Gasteiger partial charge on any atom is -0.488 e. The van der Waals surface area contributed by atoms with E-state index in [4.69, 9.17) is 10.00 Å². The third-order valence-electron chi connectivity index (χ3n) is 4.75. The van der Waals surface area contributed by atoms with E-state index in [1.807, 2.05) is 6.92 Å². The number of nitrogens with one attached hydrogen (secondary N) is 2. The van der Waals surface area contributed by atoms with Gasteiger partial charge in [-0.15, -0.1) is 6.58 Å². The van der Waals surface area contributed by atoms with Gasteiger partial charge in [0.2, 0.25) is 0 Å². The van der Waals surface area contributed by atoms with E-state index < -0.39 is 22.7 Å². The zero-order valence-corrected chi connectivity index (χ0v) is 16.9. The maximum absolute atomic E-state index is 13.5. The monoisotopic (exact) mass is 416 g/mol. The standard InChI is InChI=1S/C20H21FN4O3S/c1-4-5-12(2)16-11-28-19-17(29(27)24-16)10-25(3)18(19)20(26)23-14-6-7-15(21)13(8-14)9-22/h4,6-8,10,12,16,24H,1,5,11H2,2-3H3,(H,23,26). The Morgan fingerprint density at radius 1 is 1.62 bits per heavy atom. The average Bonchev–Trinajstić information content (AvgIpc) is 2.94. The number of hydrogen-bond acceptors (Lipinski definition) is 4. The Kier molecular flexibility index (Phi) is 6.15. The van der Waals surface area contributed by atoms with Crippen molar-refractivity contribution in [2.45, 2.75) is 24.3 Å². The molecule has 152 valence electrons. The van der Waals surface area contributed by atoms with Gasteiger partial charge in [0.15, 0.2) is 11.4 Å². The maximum Gasteiger partial charge on any atom is 0.276 e. The Morgan fingerprint density at radius 2 is 2.38 bits per heavy atom. The summed E-state index contributed by atoms with van der Waals surface area (Å²) in [5.74, 6) is -0.789. The minimum atomic E-state index is -1.55.